The van der Waals surface area contributed by atoms with Gasteiger partial charge < -0.3 is 0 Å². The van der Waals surface area contributed by atoms with Gasteiger partial charge in [0.15, 0.2) is 0 Å². The fourth-order valence-electron chi connectivity index (χ4n) is 2.21. The van der Waals surface area contributed by atoms with Crippen molar-refractivity contribution in [1.29, 1.82) is 0 Å². The second-order valence-corrected chi connectivity index (χ2v) is 4.35. The summed E-state index contributed by atoms with van der Waals surface area (Å²) >= 11 is 0. The number of unbranched alkanes of at least 4 members (excludes halogenated alkanes) is 2. The zero-order valence-electron chi connectivity index (χ0n) is 8.85. The number of carbonyl (C=O) groups excluding carboxylic acids is 1. The number of carbonyl (C=O) groups is 1. The Hall–Kier alpha value is -0.330. The highest BCUT2D eigenvalue weighted by atomic mass is 16.1. The minimum absolute atomic E-state index is 0.513. The third kappa shape index (κ3) is 4.44. The molecule has 76 valence electrons. The molecule has 13 heavy (non-hydrogen) atoms. The quantitative estimate of drug-likeness (QED) is 0.478. The summed E-state index contributed by atoms with van der Waals surface area (Å²) in [4.78, 5) is 11.3. The summed E-state index contributed by atoms with van der Waals surface area (Å²) in [5.41, 5.74) is 0. The van der Waals surface area contributed by atoms with Crippen molar-refractivity contribution in [2.45, 2.75) is 64.7 Å². The van der Waals surface area contributed by atoms with E-state index in [0.717, 1.165) is 25.2 Å². The minimum atomic E-state index is 0.513. The van der Waals surface area contributed by atoms with E-state index in [-0.39, 0.29) is 0 Å². The Bertz CT molecular complexity index is 151. The summed E-state index contributed by atoms with van der Waals surface area (Å²) in [5.74, 6) is 1.24. The van der Waals surface area contributed by atoms with E-state index in [4.69, 9.17) is 0 Å². The lowest BCUT2D eigenvalue weighted by molar-refractivity contribution is -0.119. The first kappa shape index (κ1) is 10.7. The van der Waals surface area contributed by atoms with Crippen LogP contribution in [0.4, 0.5) is 0 Å². The average molecular weight is 182 g/mol. The fourth-order valence-corrected chi connectivity index (χ4v) is 2.21. The van der Waals surface area contributed by atoms with E-state index in [9.17, 15) is 4.79 Å². The Morgan fingerprint density at radius 3 is 2.92 bits per heavy atom. The third-order valence-corrected chi connectivity index (χ3v) is 3.05. The van der Waals surface area contributed by atoms with E-state index in [1.807, 2.05) is 0 Å². The molecule has 1 aliphatic carbocycles. The van der Waals surface area contributed by atoms with Gasteiger partial charge in [-0.15, -0.1) is 0 Å². The molecular weight excluding hydrogens is 160 g/mol. The first-order valence-corrected chi connectivity index (χ1v) is 5.84. The number of ketones is 1. The molecule has 0 spiro atoms. The molecule has 1 unspecified atom stereocenters. The Morgan fingerprint density at radius 1 is 1.31 bits per heavy atom. The molecule has 0 bridgehead atoms. The van der Waals surface area contributed by atoms with Gasteiger partial charge in [-0.2, -0.15) is 0 Å². The van der Waals surface area contributed by atoms with Gasteiger partial charge in [-0.3, -0.25) is 4.79 Å². The van der Waals surface area contributed by atoms with E-state index in [0.29, 0.717) is 5.78 Å². The highest BCUT2D eigenvalue weighted by Gasteiger charge is 2.16. The summed E-state index contributed by atoms with van der Waals surface area (Å²) in [6.45, 7) is 2.23. The van der Waals surface area contributed by atoms with Crippen LogP contribution in [0.3, 0.4) is 0 Å². The molecule has 0 radical (unpaired) electrons. The molecule has 0 aromatic rings. The maximum Gasteiger partial charge on any atom is 0.133 e. The largest absolute Gasteiger partial charge is 0.300 e. The van der Waals surface area contributed by atoms with Gasteiger partial charge >= 0.3 is 0 Å². The molecule has 1 rings (SSSR count). The second-order valence-electron chi connectivity index (χ2n) is 4.35. The normalized spacial score (nSPS) is 24.4. The zero-order chi connectivity index (χ0) is 9.52. The Morgan fingerprint density at radius 2 is 2.15 bits per heavy atom. The first-order valence-electron chi connectivity index (χ1n) is 5.84. The first-order chi connectivity index (χ1) is 6.33. The summed E-state index contributed by atoms with van der Waals surface area (Å²) in [6, 6.07) is 0. The van der Waals surface area contributed by atoms with Crippen LogP contribution in [0.25, 0.3) is 0 Å². The maximum absolute atomic E-state index is 11.3. The van der Waals surface area contributed by atoms with Gasteiger partial charge in [0, 0.05) is 12.8 Å². The molecule has 0 aliphatic heterocycles. The van der Waals surface area contributed by atoms with E-state index in [2.05, 4.69) is 6.92 Å². The Kier molecular flexibility index (Phi) is 5.10. The van der Waals surface area contributed by atoms with Gasteiger partial charge in [0.1, 0.15) is 5.78 Å². The summed E-state index contributed by atoms with van der Waals surface area (Å²) in [6.07, 6.45) is 10.7. The molecule has 0 aromatic carbocycles. The summed E-state index contributed by atoms with van der Waals surface area (Å²) in [7, 11) is 0. The molecule has 0 saturated heterocycles. The maximum atomic E-state index is 11.3. The average Bonchev–Trinajstić information content (AvgIpc) is 2.31. The molecule has 0 N–H and O–H groups in total. The molecular formula is C12H22O. The fraction of sp³-hybridized carbons (Fsp3) is 0.917. The van der Waals surface area contributed by atoms with E-state index in [1.165, 1.54) is 38.5 Å². The molecule has 0 amide bonds. The number of rotatable bonds is 4. The molecule has 0 heterocycles. The predicted octanol–water partition coefficient (Wildman–Crippen LogP) is 3.72. The predicted molar refractivity (Wildman–Crippen MR) is 55.7 cm³/mol. The molecule has 0 aromatic heterocycles. The van der Waals surface area contributed by atoms with Crippen molar-refractivity contribution in [2.24, 2.45) is 5.92 Å². The van der Waals surface area contributed by atoms with Crippen molar-refractivity contribution in [2.75, 3.05) is 0 Å². The van der Waals surface area contributed by atoms with Crippen molar-refractivity contribution in [3.8, 4) is 0 Å². The van der Waals surface area contributed by atoms with Crippen LogP contribution in [0.1, 0.15) is 64.7 Å². The van der Waals surface area contributed by atoms with Gasteiger partial charge in [-0.25, -0.2) is 0 Å². The number of Topliss-reactive ketones (excluding diaryl/α,β-unsaturated/α-hetero) is 1. The van der Waals surface area contributed by atoms with Gasteiger partial charge in [-0.05, 0) is 12.3 Å². The van der Waals surface area contributed by atoms with Crippen LogP contribution < -0.4 is 0 Å². The molecule has 1 heteroatoms. The lowest BCUT2D eigenvalue weighted by Gasteiger charge is -2.11. The molecule has 1 saturated carbocycles. The lowest BCUT2D eigenvalue weighted by Crippen LogP contribution is -2.04. The van der Waals surface area contributed by atoms with E-state index in [1.54, 1.807) is 0 Å². The monoisotopic (exact) mass is 182 g/mol. The van der Waals surface area contributed by atoms with Crippen LogP contribution in [0, 0.1) is 5.92 Å². The van der Waals surface area contributed by atoms with Gasteiger partial charge in [0.2, 0.25) is 0 Å². The molecule has 1 nitrogen and oxygen atoms in total. The van der Waals surface area contributed by atoms with Crippen molar-refractivity contribution < 1.29 is 4.79 Å². The number of hydrogen-bond donors (Lipinski definition) is 0. The van der Waals surface area contributed by atoms with Gasteiger partial charge in [0.05, 0.1) is 0 Å². The lowest BCUT2D eigenvalue weighted by atomic mass is 9.93. The molecule has 1 fully saturated rings. The smallest absolute Gasteiger partial charge is 0.133 e. The van der Waals surface area contributed by atoms with Crippen LogP contribution in [-0.2, 0) is 4.79 Å². The molecule has 1 atom stereocenters. The number of hydrogen-bond acceptors (Lipinski definition) is 1. The van der Waals surface area contributed by atoms with Crippen LogP contribution in [-0.4, -0.2) is 5.78 Å². The standard InChI is InChI=1S/C12H22O/c1-2-3-4-7-11-8-5-6-9-12(13)10-11/h11H,2-10H2,1H3. The zero-order valence-corrected chi connectivity index (χ0v) is 8.85. The Balaban J connectivity index is 2.19. The van der Waals surface area contributed by atoms with Crippen molar-refractivity contribution in [3.63, 3.8) is 0 Å². The van der Waals surface area contributed by atoms with Crippen LogP contribution in [0.15, 0.2) is 0 Å². The van der Waals surface area contributed by atoms with Gasteiger partial charge in [0.25, 0.3) is 0 Å². The second kappa shape index (κ2) is 6.17. The van der Waals surface area contributed by atoms with E-state index < -0.39 is 0 Å². The summed E-state index contributed by atoms with van der Waals surface area (Å²) in [5, 5.41) is 0. The van der Waals surface area contributed by atoms with Crippen LogP contribution in [0.2, 0.25) is 0 Å². The van der Waals surface area contributed by atoms with Crippen molar-refractivity contribution in [3.05, 3.63) is 0 Å². The van der Waals surface area contributed by atoms with Crippen LogP contribution >= 0.6 is 0 Å². The van der Waals surface area contributed by atoms with Crippen LogP contribution in [0.5, 0.6) is 0 Å². The highest BCUT2D eigenvalue weighted by molar-refractivity contribution is 5.78. The highest BCUT2D eigenvalue weighted by Crippen LogP contribution is 2.25. The van der Waals surface area contributed by atoms with Crippen molar-refractivity contribution >= 4 is 5.78 Å². The molecule has 1 aliphatic rings. The minimum Gasteiger partial charge on any atom is -0.300 e. The summed E-state index contributed by atoms with van der Waals surface area (Å²) < 4.78 is 0. The van der Waals surface area contributed by atoms with E-state index >= 15 is 0 Å². The van der Waals surface area contributed by atoms with Gasteiger partial charge in [-0.1, -0.05) is 45.4 Å². The Labute approximate surface area is 81.9 Å². The third-order valence-electron chi connectivity index (χ3n) is 3.05. The van der Waals surface area contributed by atoms with Crippen molar-refractivity contribution in [1.82, 2.24) is 0 Å². The topological polar surface area (TPSA) is 17.1 Å². The SMILES string of the molecule is CCCCCC1CCCCC(=O)C1.